The Morgan fingerprint density at radius 1 is 1.42 bits per heavy atom. The van der Waals surface area contributed by atoms with Crippen molar-refractivity contribution >= 4 is 35.5 Å². The van der Waals surface area contributed by atoms with E-state index in [1.807, 2.05) is 0 Å². The first kappa shape index (κ1) is 18.3. The second-order valence-corrected chi connectivity index (χ2v) is 6.06. The molecule has 24 heavy (non-hydrogen) atoms. The molecule has 0 spiro atoms. The van der Waals surface area contributed by atoms with Crippen molar-refractivity contribution in [2.45, 2.75) is 30.2 Å². The summed E-state index contributed by atoms with van der Waals surface area (Å²) in [4.78, 5) is 18.7. The third-order valence-corrected chi connectivity index (χ3v) is 4.43. The lowest BCUT2D eigenvalue weighted by atomic mass is 10.3. The Balaban J connectivity index is 2.38. The summed E-state index contributed by atoms with van der Waals surface area (Å²) in [5.41, 5.74) is 0.395. The molecule has 5 nitrogen and oxygen atoms in total. The number of hydrogen-bond donors (Lipinski definition) is 1. The van der Waals surface area contributed by atoms with Crippen LogP contribution in [0.2, 0.25) is 5.02 Å². The zero-order valence-electron chi connectivity index (χ0n) is 12.4. The number of imidazole rings is 1. The maximum atomic E-state index is 12.6. The van der Waals surface area contributed by atoms with Crippen LogP contribution >= 0.6 is 23.4 Å². The van der Waals surface area contributed by atoms with Crippen LogP contribution < -0.4 is 0 Å². The first-order chi connectivity index (χ1) is 11.1. The van der Waals surface area contributed by atoms with Gasteiger partial charge in [0.25, 0.3) is 0 Å². The molecule has 0 aliphatic carbocycles. The largest absolute Gasteiger partial charge is 0.478 e. The second-order valence-electron chi connectivity index (χ2n) is 4.70. The molecule has 0 fully saturated rings. The number of carboxylic acids is 1. The van der Waals surface area contributed by atoms with Crippen LogP contribution in [0.3, 0.4) is 0 Å². The molecule has 0 bridgehead atoms. The molecule has 0 saturated heterocycles. The van der Waals surface area contributed by atoms with Crippen molar-refractivity contribution in [3.05, 3.63) is 40.3 Å². The van der Waals surface area contributed by atoms with Crippen molar-refractivity contribution < 1.29 is 23.1 Å². The van der Waals surface area contributed by atoms with Gasteiger partial charge in [0.2, 0.25) is 0 Å². The average Bonchev–Trinajstić information content (AvgIpc) is 2.72. The Bertz CT molecular complexity index is 818. The summed E-state index contributed by atoms with van der Waals surface area (Å²) >= 11 is 6.82. The van der Waals surface area contributed by atoms with Gasteiger partial charge in [0.1, 0.15) is 5.03 Å². The van der Waals surface area contributed by atoms with Gasteiger partial charge in [0, 0.05) is 24.2 Å². The number of halogens is 4. The van der Waals surface area contributed by atoms with E-state index >= 15 is 0 Å². The van der Waals surface area contributed by atoms with Crippen LogP contribution in [0.25, 0.3) is 6.20 Å². The topological polar surface area (TPSA) is 68.0 Å². The van der Waals surface area contributed by atoms with Crippen LogP contribution in [0.5, 0.6) is 0 Å². The monoisotopic (exact) mass is 377 g/mol. The molecule has 2 heterocycles. The van der Waals surface area contributed by atoms with Crippen LogP contribution in [0.1, 0.15) is 17.0 Å². The molecule has 1 N–H and O–H groups in total. The van der Waals surface area contributed by atoms with Gasteiger partial charge in [-0.25, -0.2) is 14.8 Å². The highest BCUT2D eigenvalue weighted by Gasteiger charge is 2.31. The Hall–Kier alpha value is -2.00. The number of aryl methyl sites for hydroxylation is 1. The van der Waals surface area contributed by atoms with E-state index in [0.29, 0.717) is 22.7 Å². The lowest BCUT2D eigenvalue weighted by Crippen LogP contribution is -2.05. The number of rotatable bonds is 4. The fourth-order valence-corrected chi connectivity index (χ4v) is 2.92. The lowest BCUT2D eigenvalue weighted by Gasteiger charge is -2.09. The molecule has 0 unspecified atom stereocenters. The van der Waals surface area contributed by atoms with Gasteiger partial charge in [-0.1, -0.05) is 11.6 Å². The van der Waals surface area contributed by atoms with E-state index in [1.54, 1.807) is 13.8 Å². The smallest absolute Gasteiger partial charge is 0.417 e. The van der Waals surface area contributed by atoms with E-state index in [-0.39, 0.29) is 10.0 Å². The zero-order valence-corrected chi connectivity index (χ0v) is 14.0. The normalized spacial score (nSPS) is 12.1. The molecule has 0 amide bonds. The molecule has 2 aromatic heterocycles. The Morgan fingerprint density at radius 2 is 2.08 bits per heavy atom. The number of carbonyl (C=O) groups is 1. The molecular weight excluding hydrogens is 367 g/mol. The maximum absolute atomic E-state index is 12.6. The number of alkyl halides is 3. The minimum absolute atomic E-state index is 0.139. The van der Waals surface area contributed by atoms with E-state index < -0.39 is 17.7 Å². The Labute approximate surface area is 144 Å². The molecule has 2 rings (SSSR count). The number of pyridine rings is 1. The fourth-order valence-electron chi connectivity index (χ4n) is 1.72. The number of carboxylic acid groups (broad SMARTS) is 1. The lowest BCUT2D eigenvalue weighted by molar-refractivity contribution is -0.138. The van der Waals surface area contributed by atoms with Crippen molar-refractivity contribution in [2.75, 3.05) is 0 Å². The summed E-state index contributed by atoms with van der Waals surface area (Å²) in [6.45, 7) is 3.46. The van der Waals surface area contributed by atoms with Crippen molar-refractivity contribution in [1.29, 1.82) is 0 Å². The molecule has 0 saturated carbocycles. The summed E-state index contributed by atoms with van der Waals surface area (Å²) < 4.78 is 39.4. The Morgan fingerprint density at radius 3 is 2.62 bits per heavy atom. The summed E-state index contributed by atoms with van der Waals surface area (Å²) in [5.74, 6) is -1.14. The average molecular weight is 378 g/mol. The third-order valence-electron chi connectivity index (χ3n) is 3.04. The van der Waals surface area contributed by atoms with Gasteiger partial charge in [-0.2, -0.15) is 13.2 Å². The van der Waals surface area contributed by atoms with Crippen LogP contribution in [0, 0.1) is 13.8 Å². The molecule has 0 aromatic carbocycles. The highest BCUT2D eigenvalue weighted by Crippen LogP contribution is 2.36. The third kappa shape index (κ3) is 4.09. The van der Waals surface area contributed by atoms with Gasteiger partial charge >= 0.3 is 12.1 Å². The first-order valence-electron chi connectivity index (χ1n) is 6.46. The van der Waals surface area contributed by atoms with Gasteiger partial charge < -0.3 is 5.11 Å². The molecule has 0 atom stereocenters. The van der Waals surface area contributed by atoms with E-state index in [2.05, 4.69) is 9.97 Å². The number of nitrogens with zero attached hydrogens (tertiary/aromatic N) is 3. The standard InChI is InChI=1S/C14H11ClF3N3O2S/c1-7-8(2)21(4-3-11(22)23)13(20-7)24-12-10(15)5-9(6-19-12)14(16,17)18/h3-6H,1-2H3,(H,22,23)/b4-3+. The SMILES string of the molecule is Cc1nc(Sc2ncc(C(F)(F)F)cc2Cl)n(/C=C/C(=O)O)c1C. The second kappa shape index (κ2) is 6.86. The highest BCUT2D eigenvalue weighted by molar-refractivity contribution is 7.99. The minimum atomic E-state index is -4.53. The predicted molar refractivity (Wildman–Crippen MR) is 83.0 cm³/mol. The van der Waals surface area contributed by atoms with Gasteiger partial charge in [-0.3, -0.25) is 4.57 Å². The van der Waals surface area contributed by atoms with Gasteiger partial charge in [0.15, 0.2) is 5.16 Å². The van der Waals surface area contributed by atoms with Gasteiger partial charge in [-0.15, -0.1) is 0 Å². The quantitative estimate of drug-likeness (QED) is 0.806. The van der Waals surface area contributed by atoms with Crippen molar-refractivity contribution in [1.82, 2.24) is 14.5 Å². The fraction of sp³-hybridized carbons (Fsp3) is 0.214. The predicted octanol–water partition coefficient (Wildman–Crippen LogP) is 4.27. The summed E-state index contributed by atoms with van der Waals surface area (Å²) in [5, 5.41) is 9.05. The highest BCUT2D eigenvalue weighted by atomic mass is 35.5. The molecule has 128 valence electrons. The van der Waals surface area contributed by atoms with Crippen molar-refractivity contribution in [3.8, 4) is 0 Å². The van der Waals surface area contributed by atoms with Crippen LogP contribution in [0.15, 0.2) is 28.5 Å². The number of aliphatic carboxylic acids is 1. The Kier molecular flexibility index (Phi) is 5.24. The van der Waals surface area contributed by atoms with E-state index in [1.165, 1.54) is 10.8 Å². The summed E-state index contributed by atoms with van der Waals surface area (Å²) in [7, 11) is 0. The van der Waals surface area contributed by atoms with Gasteiger partial charge in [-0.05, 0) is 31.7 Å². The minimum Gasteiger partial charge on any atom is -0.478 e. The maximum Gasteiger partial charge on any atom is 0.417 e. The van der Waals surface area contributed by atoms with Gasteiger partial charge in [0.05, 0.1) is 16.3 Å². The molecule has 0 aliphatic rings. The van der Waals surface area contributed by atoms with E-state index in [9.17, 15) is 18.0 Å². The molecule has 2 aromatic rings. The van der Waals surface area contributed by atoms with Crippen LogP contribution in [-0.4, -0.2) is 25.6 Å². The van der Waals surface area contributed by atoms with E-state index in [0.717, 1.165) is 23.9 Å². The zero-order chi connectivity index (χ0) is 18.1. The molecule has 0 aliphatic heterocycles. The summed E-state index contributed by atoms with van der Waals surface area (Å²) in [6.07, 6.45) is -1.61. The molecular formula is C14H11ClF3N3O2S. The number of hydrogen-bond acceptors (Lipinski definition) is 4. The van der Waals surface area contributed by atoms with E-state index in [4.69, 9.17) is 16.7 Å². The molecule has 10 heteroatoms. The first-order valence-corrected chi connectivity index (χ1v) is 7.66. The van der Waals surface area contributed by atoms with Crippen molar-refractivity contribution in [2.24, 2.45) is 0 Å². The van der Waals surface area contributed by atoms with Crippen LogP contribution in [-0.2, 0) is 11.0 Å². The summed E-state index contributed by atoms with van der Waals surface area (Å²) in [6, 6.07) is 0.789. The number of aromatic nitrogens is 3. The van der Waals surface area contributed by atoms with Crippen LogP contribution in [0.4, 0.5) is 13.2 Å². The molecule has 0 radical (unpaired) electrons. The van der Waals surface area contributed by atoms with Crippen molar-refractivity contribution in [3.63, 3.8) is 0 Å².